The fraction of sp³-hybridized carbons (Fsp3) is 0.125. The number of anilines is 2. The van der Waals surface area contributed by atoms with Crippen LogP contribution in [0.15, 0.2) is 72.9 Å². The third-order valence-electron chi connectivity index (χ3n) is 4.82. The Balaban J connectivity index is 1.64. The zero-order valence-corrected chi connectivity index (χ0v) is 16.9. The maximum absolute atomic E-state index is 14.0. The number of rotatable bonds is 6. The largest absolute Gasteiger partial charge is 0.493 e. The number of pyridine rings is 1. The summed E-state index contributed by atoms with van der Waals surface area (Å²) in [5.41, 5.74) is 0.951. The van der Waals surface area contributed by atoms with Gasteiger partial charge in [0.15, 0.2) is 11.5 Å². The number of methoxy groups -OCH3 is 1. The molecule has 32 heavy (non-hydrogen) atoms. The summed E-state index contributed by atoms with van der Waals surface area (Å²) in [5.74, 6) is -0.396. The molecule has 0 atom stereocenters. The molecule has 0 aliphatic carbocycles. The quantitative estimate of drug-likeness (QED) is 0.337. The van der Waals surface area contributed by atoms with Crippen LogP contribution in [-0.4, -0.2) is 12.1 Å². The minimum atomic E-state index is -4.75. The van der Waals surface area contributed by atoms with Crippen LogP contribution in [-0.2, 0) is 12.8 Å². The SMILES string of the molecule is COc1cc2c(Nc3ccc(C(F)(F)F)c(F)c3)ccnc2cc1OCc1ccccc1. The second-order valence-electron chi connectivity index (χ2n) is 6.97. The van der Waals surface area contributed by atoms with Gasteiger partial charge in [0.05, 0.1) is 18.2 Å². The fourth-order valence-electron chi connectivity index (χ4n) is 3.25. The molecular formula is C24H18F4N2O2. The summed E-state index contributed by atoms with van der Waals surface area (Å²) in [7, 11) is 1.51. The minimum absolute atomic E-state index is 0.173. The predicted molar refractivity (Wildman–Crippen MR) is 114 cm³/mol. The van der Waals surface area contributed by atoms with E-state index in [2.05, 4.69) is 10.3 Å². The molecule has 3 aromatic carbocycles. The van der Waals surface area contributed by atoms with Gasteiger partial charge in [0.2, 0.25) is 0 Å². The summed E-state index contributed by atoms with van der Waals surface area (Å²) in [6.07, 6.45) is -3.21. The first-order valence-corrected chi connectivity index (χ1v) is 9.62. The lowest BCUT2D eigenvalue weighted by Gasteiger charge is -2.15. The number of alkyl halides is 3. The van der Waals surface area contributed by atoms with Crippen LogP contribution in [0.2, 0.25) is 0 Å². The maximum atomic E-state index is 14.0. The molecule has 8 heteroatoms. The number of aromatic nitrogens is 1. The van der Waals surface area contributed by atoms with E-state index in [1.165, 1.54) is 13.2 Å². The third kappa shape index (κ3) is 4.59. The lowest BCUT2D eigenvalue weighted by Crippen LogP contribution is -2.08. The highest BCUT2D eigenvalue weighted by Gasteiger charge is 2.33. The van der Waals surface area contributed by atoms with Gasteiger partial charge < -0.3 is 14.8 Å². The molecule has 0 bridgehead atoms. The molecule has 0 spiro atoms. The van der Waals surface area contributed by atoms with Crippen LogP contribution < -0.4 is 14.8 Å². The maximum Gasteiger partial charge on any atom is 0.419 e. The van der Waals surface area contributed by atoms with E-state index < -0.39 is 17.6 Å². The topological polar surface area (TPSA) is 43.4 Å². The van der Waals surface area contributed by atoms with E-state index in [9.17, 15) is 17.6 Å². The van der Waals surface area contributed by atoms with Gasteiger partial charge in [-0.2, -0.15) is 13.2 Å². The molecule has 4 aromatic rings. The number of nitrogens with zero attached hydrogens (tertiary/aromatic N) is 1. The van der Waals surface area contributed by atoms with E-state index in [4.69, 9.17) is 9.47 Å². The van der Waals surface area contributed by atoms with Crippen molar-refractivity contribution in [1.82, 2.24) is 4.98 Å². The van der Waals surface area contributed by atoms with Crippen LogP contribution in [0, 0.1) is 5.82 Å². The van der Waals surface area contributed by atoms with Gasteiger partial charge in [-0.25, -0.2) is 4.39 Å². The van der Waals surface area contributed by atoms with Crippen molar-refractivity contribution >= 4 is 22.3 Å². The van der Waals surface area contributed by atoms with Crippen LogP contribution in [0.4, 0.5) is 28.9 Å². The van der Waals surface area contributed by atoms with Crippen molar-refractivity contribution < 1.29 is 27.0 Å². The second kappa shape index (κ2) is 8.74. The number of ether oxygens (including phenoxy) is 2. The van der Waals surface area contributed by atoms with Crippen molar-refractivity contribution in [3.05, 3.63) is 89.9 Å². The van der Waals surface area contributed by atoms with Gasteiger partial charge in [0.1, 0.15) is 12.4 Å². The number of hydrogen-bond acceptors (Lipinski definition) is 4. The monoisotopic (exact) mass is 442 g/mol. The third-order valence-corrected chi connectivity index (χ3v) is 4.82. The first-order valence-electron chi connectivity index (χ1n) is 9.62. The summed E-state index contributed by atoms with van der Waals surface area (Å²) in [6, 6.07) is 17.4. The van der Waals surface area contributed by atoms with Gasteiger partial charge in [-0.3, -0.25) is 4.98 Å². The number of nitrogens with one attached hydrogen (secondary N) is 1. The smallest absolute Gasteiger partial charge is 0.419 e. The normalized spacial score (nSPS) is 11.4. The molecule has 0 fully saturated rings. The van der Waals surface area contributed by atoms with Crippen molar-refractivity contribution in [1.29, 1.82) is 0 Å². The van der Waals surface area contributed by atoms with Crippen LogP contribution >= 0.6 is 0 Å². The highest BCUT2D eigenvalue weighted by atomic mass is 19.4. The first kappa shape index (κ1) is 21.4. The van der Waals surface area contributed by atoms with E-state index in [0.717, 1.165) is 11.6 Å². The average Bonchev–Trinajstić information content (AvgIpc) is 2.77. The Kier molecular flexibility index (Phi) is 5.85. The highest BCUT2D eigenvalue weighted by molar-refractivity contribution is 5.95. The van der Waals surface area contributed by atoms with Crippen LogP contribution in [0.3, 0.4) is 0 Å². The molecule has 0 amide bonds. The molecular weight excluding hydrogens is 424 g/mol. The average molecular weight is 442 g/mol. The minimum Gasteiger partial charge on any atom is -0.493 e. The van der Waals surface area contributed by atoms with Gasteiger partial charge in [0.25, 0.3) is 0 Å². The summed E-state index contributed by atoms with van der Waals surface area (Å²) < 4.78 is 63.7. The van der Waals surface area contributed by atoms with Crippen LogP contribution in [0.25, 0.3) is 10.9 Å². The Labute approximate surface area is 181 Å². The summed E-state index contributed by atoms with van der Waals surface area (Å²) in [5, 5.41) is 3.59. The first-order chi connectivity index (χ1) is 15.3. The molecule has 0 saturated carbocycles. The Morgan fingerprint density at radius 2 is 1.72 bits per heavy atom. The van der Waals surface area contributed by atoms with Gasteiger partial charge in [-0.05, 0) is 35.9 Å². The Hall–Kier alpha value is -3.81. The van der Waals surface area contributed by atoms with E-state index in [0.29, 0.717) is 40.8 Å². The van der Waals surface area contributed by atoms with Gasteiger partial charge in [-0.15, -0.1) is 0 Å². The summed E-state index contributed by atoms with van der Waals surface area (Å²) in [4.78, 5) is 4.34. The highest BCUT2D eigenvalue weighted by Crippen LogP contribution is 2.37. The molecule has 164 valence electrons. The van der Waals surface area contributed by atoms with Crippen molar-refractivity contribution in [2.45, 2.75) is 12.8 Å². The standard InChI is InChI=1S/C24H18F4N2O2/c1-31-22-12-17-20(30-16-7-8-18(19(25)11-16)24(26,27)28)9-10-29-21(17)13-23(22)32-14-15-5-3-2-4-6-15/h2-13H,14H2,1H3,(H,29,30). The fourth-order valence-corrected chi connectivity index (χ4v) is 3.25. The zero-order chi connectivity index (χ0) is 22.7. The molecule has 0 aliphatic heterocycles. The van der Waals surface area contributed by atoms with E-state index in [1.807, 2.05) is 30.3 Å². The molecule has 0 radical (unpaired) electrons. The van der Waals surface area contributed by atoms with Crippen LogP contribution in [0.5, 0.6) is 11.5 Å². The van der Waals surface area contributed by atoms with Crippen molar-refractivity contribution in [2.75, 3.05) is 12.4 Å². The molecule has 0 unspecified atom stereocenters. The lowest BCUT2D eigenvalue weighted by molar-refractivity contribution is -0.139. The Morgan fingerprint density at radius 1 is 0.938 bits per heavy atom. The molecule has 0 aliphatic rings. The predicted octanol–water partition coefficient (Wildman–Crippen LogP) is 6.72. The number of halogens is 4. The lowest BCUT2D eigenvalue weighted by atomic mass is 10.1. The molecule has 1 aromatic heterocycles. The number of hydrogen-bond donors (Lipinski definition) is 1. The van der Waals surface area contributed by atoms with E-state index in [-0.39, 0.29) is 5.69 Å². The van der Waals surface area contributed by atoms with Crippen molar-refractivity contribution in [3.63, 3.8) is 0 Å². The van der Waals surface area contributed by atoms with Gasteiger partial charge in [0, 0.05) is 29.0 Å². The van der Waals surface area contributed by atoms with Crippen LogP contribution in [0.1, 0.15) is 11.1 Å². The van der Waals surface area contributed by atoms with Crippen molar-refractivity contribution in [3.8, 4) is 11.5 Å². The molecule has 1 N–H and O–H groups in total. The summed E-state index contributed by atoms with van der Waals surface area (Å²) >= 11 is 0. The summed E-state index contributed by atoms with van der Waals surface area (Å²) in [6.45, 7) is 0.339. The molecule has 4 nitrogen and oxygen atoms in total. The molecule has 1 heterocycles. The van der Waals surface area contributed by atoms with E-state index in [1.54, 1.807) is 24.4 Å². The van der Waals surface area contributed by atoms with E-state index >= 15 is 0 Å². The number of benzene rings is 3. The van der Waals surface area contributed by atoms with Gasteiger partial charge in [-0.1, -0.05) is 30.3 Å². The second-order valence-corrected chi connectivity index (χ2v) is 6.97. The zero-order valence-electron chi connectivity index (χ0n) is 16.9. The Morgan fingerprint density at radius 3 is 2.41 bits per heavy atom. The number of fused-ring (bicyclic) bond motifs is 1. The molecule has 0 saturated heterocycles. The van der Waals surface area contributed by atoms with Crippen molar-refractivity contribution in [2.24, 2.45) is 0 Å². The Bertz CT molecular complexity index is 1240. The van der Waals surface area contributed by atoms with Gasteiger partial charge >= 0.3 is 6.18 Å². The molecule has 4 rings (SSSR count).